The molecule has 1 aromatic heterocycles. The first-order valence-corrected chi connectivity index (χ1v) is 5.59. The molecule has 3 nitrogen and oxygen atoms in total. The van der Waals surface area contributed by atoms with E-state index in [1.807, 2.05) is 48.6 Å². The van der Waals surface area contributed by atoms with Crippen LogP contribution in [0.3, 0.4) is 0 Å². The molecule has 18 heavy (non-hydrogen) atoms. The van der Waals surface area contributed by atoms with Crippen molar-refractivity contribution in [1.82, 2.24) is 4.98 Å². The second kappa shape index (κ2) is 6.21. The fourth-order valence-electron chi connectivity index (χ4n) is 1.47. The Morgan fingerprint density at radius 3 is 2.78 bits per heavy atom. The smallest absolute Gasteiger partial charge is 0.231 e. The molecule has 1 heterocycles. The summed E-state index contributed by atoms with van der Waals surface area (Å²) >= 11 is 0. The van der Waals surface area contributed by atoms with E-state index in [2.05, 4.69) is 4.98 Å². The summed E-state index contributed by atoms with van der Waals surface area (Å²) in [6.45, 7) is 0.389. The summed E-state index contributed by atoms with van der Waals surface area (Å²) in [7, 11) is 0. The Morgan fingerprint density at radius 1 is 1.17 bits per heavy atom. The van der Waals surface area contributed by atoms with Crippen LogP contribution >= 0.6 is 0 Å². The van der Waals surface area contributed by atoms with Crippen LogP contribution in [0.5, 0.6) is 5.88 Å². The molecule has 0 bridgehead atoms. The van der Waals surface area contributed by atoms with E-state index in [4.69, 9.17) is 10.00 Å². The van der Waals surface area contributed by atoms with Gasteiger partial charge in [0.05, 0.1) is 0 Å². The van der Waals surface area contributed by atoms with E-state index >= 15 is 0 Å². The van der Waals surface area contributed by atoms with Crippen molar-refractivity contribution in [2.24, 2.45) is 0 Å². The van der Waals surface area contributed by atoms with Crippen LogP contribution in [0, 0.1) is 11.3 Å². The SMILES string of the molecule is N#Cc1cccnc1OC/C=C/c1ccccc1. The summed E-state index contributed by atoms with van der Waals surface area (Å²) < 4.78 is 5.43. The molecule has 2 aromatic rings. The number of nitriles is 1. The van der Waals surface area contributed by atoms with Crippen molar-refractivity contribution >= 4 is 6.08 Å². The van der Waals surface area contributed by atoms with Gasteiger partial charge >= 0.3 is 0 Å². The zero-order valence-electron chi connectivity index (χ0n) is 9.78. The van der Waals surface area contributed by atoms with Crippen LogP contribution in [0.4, 0.5) is 0 Å². The van der Waals surface area contributed by atoms with Crippen LogP contribution in [0.1, 0.15) is 11.1 Å². The van der Waals surface area contributed by atoms with E-state index < -0.39 is 0 Å². The van der Waals surface area contributed by atoms with Crippen molar-refractivity contribution in [2.45, 2.75) is 0 Å². The lowest BCUT2D eigenvalue weighted by Crippen LogP contribution is -1.97. The van der Waals surface area contributed by atoms with Gasteiger partial charge in [0.15, 0.2) is 0 Å². The van der Waals surface area contributed by atoms with Gasteiger partial charge in [0.25, 0.3) is 0 Å². The van der Waals surface area contributed by atoms with Crippen molar-refractivity contribution in [2.75, 3.05) is 6.61 Å². The third-order valence-corrected chi connectivity index (χ3v) is 2.32. The highest BCUT2D eigenvalue weighted by Crippen LogP contribution is 2.12. The van der Waals surface area contributed by atoms with Crippen LogP contribution in [0.2, 0.25) is 0 Å². The molecule has 0 saturated heterocycles. The number of hydrogen-bond donors (Lipinski definition) is 0. The molecule has 0 radical (unpaired) electrons. The molecular formula is C15H12N2O. The molecule has 0 amide bonds. The van der Waals surface area contributed by atoms with Gasteiger partial charge in [0, 0.05) is 6.20 Å². The van der Waals surface area contributed by atoms with Gasteiger partial charge in [-0.05, 0) is 23.8 Å². The first-order valence-electron chi connectivity index (χ1n) is 5.59. The van der Waals surface area contributed by atoms with Crippen molar-refractivity contribution in [3.63, 3.8) is 0 Å². The highest BCUT2D eigenvalue weighted by atomic mass is 16.5. The number of ether oxygens (including phenoxy) is 1. The quantitative estimate of drug-likeness (QED) is 0.819. The van der Waals surface area contributed by atoms with E-state index in [-0.39, 0.29) is 0 Å². The fourth-order valence-corrected chi connectivity index (χ4v) is 1.47. The predicted octanol–water partition coefficient (Wildman–Crippen LogP) is 3.05. The minimum atomic E-state index is 0.373. The monoisotopic (exact) mass is 236 g/mol. The Kier molecular flexibility index (Phi) is 4.10. The summed E-state index contributed by atoms with van der Waals surface area (Å²) in [6.07, 6.45) is 5.47. The molecule has 0 aliphatic carbocycles. The first-order chi connectivity index (χ1) is 8.90. The average Bonchev–Trinajstić information content (AvgIpc) is 2.45. The van der Waals surface area contributed by atoms with Crippen molar-refractivity contribution < 1.29 is 4.74 Å². The predicted molar refractivity (Wildman–Crippen MR) is 69.9 cm³/mol. The number of pyridine rings is 1. The molecule has 0 spiro atoms. The molecule has 0 N–H and O–H groups in total. The number of benzene rings is 1. The Morgan fingerprint density at radius 2 is 2.00 bits per heavy atom. The fraction of sp³-hybridized carbons (Fsp3) is 0.0667. The molecule has 1 aromatic carbocycles. The molecule has 0 fully saturated rings. The van der Waals surface area contributed by atoms with Gasteiger partial charge in [-0.25, -0.2) is 4.98 Å². The van der Waals surface area contributed by atoms with Gasteiger partial charge in [-0.1, -0.05) is 36.4 Å². The lowest BCUT2D eigenvalue weighted by molar-refractivity contribution is 0.348. The Balaban J connectivity index is 1.93. The molecular weight excluding hydrogens is 224 g/mol. The van der Waals surface area contributed by atoms with Gasteiger partial charge in [-0.2, -0.15) is 5.26 Å². The van der Waals surface area contributed by atoms with Crippen LogP contribution in [0.25, 0.3) is 6.08 Å². The van der Waals surface area contributed by atoms with Crippen molar-refractivity contribution in [3.8, 4) is 11.9 Å². The second-order valence-electron chi connectivity index (χ2n) is 3.59. The maximum Gasteiger partial charge on any atom is 0.231 e. The number of rotatable bonds is 4. The maximum absolute atomic E-state index is 8.86. The van der Waals surface area contributed by atoms with Crippen molar-refractivity contribution in [1.29, 1.82) is 5.26 Å². The van der Waals surface area contributed by atoms with Gasteiger partial charge in [-0.15, -0.1) is 0 Å². The summed E-state index contributed by atoms with van der Waals surface area (Å²) in [5.41, 5.74) is 1.56. The third kappa shape index (κ3) is 3.19. The molecule has 0 saturated carbocycles. The molecule has 2 rings (SSSR count). The second-order valence-corrected chi connectivity index (χ2v) is 3.59. The summed E-state index contributed by atoms with van der Waals surface area (Å²) in [4.78, 5) is 4.02. The van der Waals surface area contributed by atoms with Gasteiger partial charge in [-0.3, -0.25) is 0 Å². The topological polar surface area (TPSA) is 45.9 Å². The van der Waals surface area contributed by atoms with Crippen LogP contribution < -0.4 is 4.74 Å². The van der Waals surface area contributed by atoms with Crippen LogP contribution in [-0.2, 0) is 0 Å². The summed E-state index contributed by atoms with van der Waals surface area (Å²) in [5, 5.41) is 8.86. The Bertz CT molecular complexity index is 571. The standard InChI is InChI=1S/C15H12N2O/c16-12-14-9-4-10-17-15(14)18-11-5-8-13-6-2-1-3-7-13/h1-10H,11H2/b8-5+. The van der Waals surface area contributed by atoms with E-state index in [0.717, 1.165) is 5.56 Å². The molecule has 0 atom stereocenters. The lowest BCUT2D eigenvalue weighted by atomic mass is 10.2. The van der Waals surface area contributed by atoms with Gasteiger partial charge < -0.3 is 4.74 Å². The van der Waals surface area contributed by atoms with E-state index in [1.54, 1.807) is 18.3 Å². The number of nitrogens with zero attached hydrogens (tertiary/aromatic N) is 2. The van der Waals surface area contributed by atoms with Gasteiger partial charge in [0.1, 0.15) is 18.2 Å². The number of aromatic nitrogens is 1. The zero-order valence-corrected chi connectivity index (χ0v) is 9.78. The minimum absolute atomic E-state index is 0.373. The van der Waals surface area contributed by atoms with Crippen LogP contribution in [0.15, 0.2) is 54.7 Å². The van der Waals surface area contributed by atoms with Crippen molar-refractivity contribution in [3.05, 3.63) is 65.9 Å². The Hall–Kier alpha value is -2.60. The molecule has 88 valence electrons. The summed E-state index contributed by atoms with van der Waals surface area (Å²) in [6, 6.07) is 15.4. The number of hydrogen-bond acceptors (Lipinski definition) is 3. The maximum atomic E-state index is 8.86. The zero-order chi connectivity index (χ0) is 12.6. The van der Waals surface area contributed by atoms with E-state index in [0.29, 0.717) is 18.1 Å². The molecule has 0 aliphatic rings. The largest absolute Gasteiger partial charge is 0.472 e. The highest BCUT2D eigenvalue weighted by Gasteiger charge is 2.01. The molecule has 0 aliphatic heterocycles. The lowest BCUT2D eigenvalue weighted by Gasteiger charge is -2.02. The van der Waals surface area contributed by atoms with Crippen LogP contribution in [-0.4, -0.2) is 11.6 Å². The minimum Gasteiger partial charge on any atom is -0.472 e. The van der Waals surface area contributed by atoms with E-state index in [1.165, 1.54) is 0 Å². The highest BCUT2D eigenvalue weighted by molar-refractivity contribution is 5.48. The van der Waals surface area contributed by atoms with E-state index in [9.17, 15) is 0 Å². The molecule has 0 unspecified atom stereocenters. The third-order valence-electron chi connectivity index (χ3n) is 2.32. The average molecular weight is 236 g/mol. The van der Waals surface area contributed by atoms with Gasteiger partial charge in [0.2, 0.25) is 5.88 Å². The Labute approximate surface area is 106 Å². The first kappa shape index (κ1) is 11.9. The summed E-state index contributed by atoms with van der Waals surface area (Å²) in [5.74, 6) is 0.373. The normalized spacial score (nSPS) is 10.2. The molecule has 3 heteroatoms.